The fourth-order valence-corrected chi connectivity index (χ4v) is 1.61. The van der Waals surface area contributed by atoms with Gasteiger partial charge in [0.25, 0.3) is 5.88 Å². The highest BCUT2D eigenvalue weighted by Gasteiger charge is 2.09. The summed E-state index contributed by atoms with van der Waals surface area (Å²) >= 11 is 0. The molecule has 0 amide bonds. The van der Waals surface area contributed by atoms with Gasteiger partial charge < -0.3 is 14.6 Å². The van der Waals surface area contributed by atoms with Gasteiger partial charge in [-0.1, -0.05) is 25.1 Å². The molecular formula is C15H17NO3. The Bertz CT molecular complexity index is 528. The van der Waals surface area contributed by atoms with Crippen LogP contribution in [0.3, 0.4) is 0 Å². The van der Waals surface area contributed by atoms with Gasteiger partial charge in [-0.05, 0) is 24.6 Å². The molecule has 1 aromatic heterocycles. The molecule has 4 heteroatoms. The van der Waals surface area contributed by atoms with Gasteiger partial charge in [-0.2, -0.15) is 0 Å². The average molecular weight is 259 g/mol. The summed E-state index contributed by atoms with van der Waals surface area (Å²) in [6.45, 7) is 2.58. The van der Waals surface area contributed by atoms with Crippen molar-refractivity contribution in [1.82, 2.24) is 4.98 Å². The highest BCUT2D eigenvalue weighted by molar-refractivity contribution is 5.40. The number of rotatable bonds is 6. The molecule has 2 rings (SSSR count). The van der Waals surface area contributed by atoms with Crippen LogP contribution in [0, 0.1) is 0 Å². The molecule has 0 saturated carbocycles. The molecule has 2 aromatic rings. The summed E-state index contributed by atoms with van der Waals surface area (Å²) in [6.07, 6.45) is 2.57. The van der Waals surface area contributed by atoms with Crippen molar-refractivity contribution in [3.63, 3.8) is 0 Å². The van der Waals surface area contributed by atoms with Gasteiger partial charge in [0.2, 0.25) is 0 Å². The second-order valence-electron chi connectivity index (χ2n) is 4.02. The summed E-state index contributed by atoms with van der Waals surface area (Å²) < 4.78 is 11.3. The van der Waals surface area contributed by atoms with Crippen molar-refractivity contribution in [2.45, 2.75) is 20.0 Å². The number of ether oxygens (including phenoxy) is 2. The van der Waals surface area contributed by atoms with Crippen LogP contribution < -0.4 is 9.47 Å². The number of aliphatic hydroxyl groups excluding tert-OH is 1. The normalized spacial score (nSPS) is 10.2. The van der Waals surface area contributed by atoms with Gasteiger partial charge in [0.05, 0.1) is 13.2 Å². The topological polar surface area (TPSA) is 51.6 Å². The van der Waals surface area contributed by atoms with Crippen molar-refractivity contribution in [3.8, 4) is 17.4 Å². The average Bonchev–Trinajstić information content (AvgIpc) is 2.47. The van der Waals surface area contributed by atoms with Crippen LogP contribution in [0.2, 0.25) is 0 Å². The Morgan fingerprint density at radius 1 is 1.11 bits per heavy atom. The Balaban J connectivity index is 2.22. The SMILES string of the molecule is CCCOc1cccnc1Oc1ccccc1CO. The molecule has 0 radical (unpaired) electrons. The first-order valence-electron chi connectivity index (χ1n) is 6.29. The Morgan fingerprint density at radius 2 is 1.89 bits per heavy atom. The molecule has 0 aliphatic carbocycles. The quantitative estimate of drug-likeness (QED) is 0.865. The maximum Gasteiger partial charge on any atom is 0.262 e. The first kappa shape index (κ1) is 13.4. The zero-order valence-corrected chi connectivity index (χ0v) is 10.9. The smallest absolute Gasteiger partial charge is 0.262 e. The van der Waals surface area contributed by atoms with Crippen molar-refractivity contribution in [2.75, 3.05) is 6.61 Å². The summed E-state index contributed by atoms with van der Waals surface area (Å²) in [6, 6.07) is 10.9. The monoisotopic (exact) mass is 259 g/mol. The molecule has 0 aliphatic rings. The molecule has 0 fully saturated rings. The molecule has 19 heavy (non-hydrogen) atoms. The molecule has 1 aromatic carbocycles. The van der Waals surface area contributed by atoms with Gasteiger partial charge in [-0.25, -0.2) is 4.98 Å². The highest BCUT2D eigenvalue weighted by atomic mass is 16.5. The third-order valence-electron chi connectivity index (χ3n) is 2.55. The molecule has 1 N–H and O–H groups in total. The number of pyridine rings is 1. The van der Waals surface area contributed by atoms with Gasteiger partial charge in [0.15, 0.2) is 5.75 Å². The second kappa shape index (κ2) is 6.75. The molecule has 0 saturated heterocycles. The number of aromatic nitrogens is 1. The van der Waals surface area contributed by atoms with E-state index < -0.39 is 0 Å². The Hall–Kier alpha value is -2.07. The van der Waals surface area contributed by atoms with Crippen LogP contribution in [-0.4, -0.2) is 16.7 Å². The van der Waals surface area contributed by atoms with Crippen molar-refractivity contribution in [2.24, 2.45) is 0 Å². The van der Waals surface area contributed by atoms with E-state index in [4.69, 9.17) is 9.47 Å². The van der Waals surface area contributed by atoms with E-state index in [-0.39, 0.29) is 6.61 Å². The highest BCUT2D eigenvalue weighted by Crippen LogP contribution is 2.30. The lowest BCUT2D eigenvalue weighted by molar-refractivity contribution is 0.272. The summed E-state index contributed by atoms with van der Waals surface area (Å²) in [5.41, 5.74) is 0.717. The van der Waals surface area contributed by atoms with E-state index >= 15 is 0 Å². The third-order valence-corrected chi connectivity index (χ3v) is 2.55. The summed E-state index contributed by atoms with van der Waals surface area (Å²) in [5.74, 6) is 1.61. The first-order valence-corrected chi connectivity index (χ1v) is 6.29. The molecule has 4 nitrogen and oxygen atoms in total. The maximum absolute atomic E-state index is 9.28. The van der Waals surface area contributed by atoms with Crippen LogP contribution in [0.1, 0.15) is 18.9 Å². The predicted octanol–water partition coefficient (Wildman–Crippen LogP) is 3.16. The molecule has 100 valence electrons. The van der Waals surface area contributed by atoms with E-state index in [0.717, 1.165) is 12.0 Å². The molecule has 1 heterocycles. The van der Waals surface area contributed by atoms with E-state index in [2.05, 4.69) is 4.98 Å². The summed E-state index contributed by atoms with van der Waals surface area (Å²) in [7, 11) is 0. The molecule has 0 bridgehead atoms. The second-order valence-corrected chi connectivity index (χ2v) is 4.02. The zero-order valence-electron chi connectivity index (χ0n) is 10.9. The Kier molecular flexibility index (Phi) is 4.75. The van der Waals surface area contributed by atoms with Crippen LogP contribution in [-0.2, 0) is 6.61 Å². The van der Waals surface area contributed by atoms with Gasteiger partial charge in [0, 0.05) is 11.8 Å². The summed E-state index contributed by atoms with van der Waals surface area (Å²) in [4.78, 5) is 4.17. The predicted molar refractivity (Wildman–Crippen MR) is 72.5 cm³/mol. The minimum Gasteiger partial charge on any atom is -0.488 e. The molecule has 0 aliphatic heterocycles. The minimum atomic E-state index is -0.0752. The molecule has 0 atom stereocenters. The molecule has 0 spiro atoms. The Labute approximate surface area is 112 Å². The van der Waals surface area contributed by atoms with Crippen LogP contribution in [0.15, 0.2) is 42.6 Å². The molecular weight excluding hydrogens is 242 g/mol. The van der Waals surface area contributed by atoms with Crippen molar-refractivity contribution < 1.29 is 14.6 Å². The van der Waals surface area contributed by atoms with E-state index in [0.29, 0.717) is 24.0 Å². The first-order chi connectivity index (χ1) is 9.35. The van der Waals surface area contributed by atoms with Gasteiger partial charge in [-0.15, -0.1) is 0 Å². The van der Waals surface area contributed by atoms with E-state index in [1.54, 1.807) is 18.3 Å². The standard InChI is InChI=1S/C15H17NO3/c1-2-10-18-14-8-5-9-16-15(14)19-13-7-4-3-6-12(13)11-17/h3-9,17H,2,10-11H2,1H3. The lowest BCUT2D eigenvalue weighted by Crippen LogP contribution is -1.99. The van der Waals surface area contributed by atoms with Crippen LogP contribution >= 0.6 is 0 Å². The van der Waals surface area contributed by atoms with Crippen molar-refractivity contribution >= 4 is 0 Å². The van der Waals surface area contributed by atoms with E-state index in [1.165, 1.54) is 0 Å². The van der Waals surface area contributed by atoms with Gasteiger partial charge >= 0.3 is 0 Å². The summed E-state index contributed by atoms with van der Waals surface area (Å²) in [5, 5.41) is 9.28. The van der Waals surface area contributed by atoms with Crippen molar-refractivity contribution in [1.29, 1.82) is 0 Å². The van der Waals surface area contributed by atoms with Crippen LogP contribution in [0.5, 0.6) is 17.4 Å². The van der Waals surface area contributed by atoms with Crippen LogP contribution in [0.25, 0.3) is 0 Å². The minimum absolute atomic E-state index is 0.0752. The fourth-order valence-electron chi connectivity index (χ4n) is 1.61. The van der Waals surface area contributed by atoms with Crippen LogP contribution in [0.4, 0.5) is 0 Å². The zero-order chi connectivity index (χ0) is 13.5. The largest absolute Gasteiger partial charge is 0.488 e. The maximum atomic E-state index is 9.28. The lowest BCUT2D eigenvalue weighted by atomic mass is 10.2. The van der Waals surface area contributed by atoms with Gasteiger partial charge in [-0.3, -0.25) is 0 Å². The van der Waals surface area contributed by atoms with E-state index in [9.17, 15) is 5.11 Å². The van der Waals surface area contributed by atoms with Gasteiger partial charge in [0.1, 0.15) is 5.75 Å². The number of nitrogens with zero attached hydrogens (tertiary/aromatic N) is 1. The Morgan fingerprint density at radius 3 is 2.68 bits per heavy atom. The number of hydrogen-bond donors (Lipinski definition) is 1. The molecule has 0 unspecified atom stereocenters. The number of para-hydroxylation sites is 1. The third kappa shape index (κ3) is 3.45. The van der Waals surface area contributed by atoms with Crippen molar-refractivity contribution in [3.05, 3.63) is 48.2 Å². The lowest BCUT2D eigenvalue weighted by Gasteiger charge is -2.12. The number of aliphatic hydroxyl groups is 1. The number of hydrogen-bond acceptors (Lipinski definition) is 4. The fraction of sp³-hybridized carbons (Fsp3) is 0.267. The number of benzene rings is 1. The van der Waals surface area contributed by atoms with E-state index in [1.807, 2.05) is 31.2 Å².